The van der Waals surface area contributed by atoms with Crippen LogP contribution in [0.2, 0.25) is 0 Å². The summed E-state index contributed by atoms with van der Waals surface area (Å²) in [5, 5.41) is 3.48. The Morgan fingerprint density at radius 3 is 2.93 bits per heavy atom. The number of aromatic nitrogens is 1. The van der Waals surface area contributed by atoms with Gasteiger partial charge in [0.25, 0.3) is 0 Å². The van der Waals surface area contributed by atoms with E-state index in [0.29, 0.717) is 5.92 Å². The van der Waals surface area contributed by atoms with Crippen molar-refractivity contribution < 1.29 is 0 Å². The first-order chi connectivity index (χ1) is 7.04. The van der Waals surface area contributed by atoms with Gasteiger partial charge in [-0.25, -0.2) is 0 Å². The van der Waals surface area contributed by atoms with E-state index < -0.39 is 0 Å². The van der Waals surface area contributed by atoms with Gasteiger partial charge in [-0.2, -0.15) is 0 Å². The van der Waals surface area contributed by atoms with Gasteiger partial charge in [-0.15, -0.1) is 0 Å². The van der Waals surface area contributed by atoms with Crippen LogP contribution in [0.25, 0.3) is 0 Å². The van der Waals surface area contributed by atoms with Gasteiger partial charge in [0.2, 0.25) is 0 Å². The lowest BCUT2D eigenvalue weighted by molar-refractivity contribution is 0.442. The maximum atomic E-state index is 4.56. The SMILES string of the molecule is CCC(C)c1cnc2c(c1)C(C)(C)NC2. The van der Waals surface area contributed by atoms with Crippen LogP contribution in [-0.2, 0) is 12.1 Å². The van der Waals surface area contributed by atoms with Crippen molar-refractivity contribution in [3.8, 4) is 0 Å². The minimum atomic E-state index is 0.0891. The molecule has 0 amide bonds. The fraction of sp³-hybridized carbons (Fsp3) is 0.615. The molecule has 0 bridgehead atoms. The van der Waals surface area contributed by atoms with Crippen molar-refractivity contribution in [3.05, 3.63) is 29.1 Å². The van der Waals surface area contributed by atoms with Gasteiger partial charge >= 0.3 is 0 Å². The smallest absolute Gasteiger partial charge is 0.0592 e. The topological polar surface area (TPSA) is 24.9 Å². The van der Waals surface area contributed by atoms with E-state index in [-0.39, 0.29) is 5.54 Å². The van der Waals surface area contributed by atoms with Crippen molar-refractivity contribution in [1.29, 1.82) is 0 Å². The Balaban J connectivity index is 2.41. The third-order valence-corrected chi connectivity index (χ3v) is 3.54. The lowest BCUT2D eigenvalue weighted by Crippen LogP contribution is -2.28. The van der Waals surface area contributed by atoms with Crippen molar-refractivity contribution >= 4 is 0 Å². The van der Waals surface area contributed by atoms with Gasteiger partial charge in [0.1, 0.15) is 0 Å². The summed E-state index contributed by atoms with van der Waals surface area (Å²) in [7, 11) is 0. The summed E-state index contributed by atoms with van der Waals surface area (Å²) in [6, 6.07) is 2.33. The molecule has 1 aliphatic heterocycles. The van der Waals surface area contributed by atoms with E-state index >= 15 is 0 Å². The number of nitrogens with zero attached hydrogens (tertiary/aromatic N) is 1. The maximum Gasteiger partial charge on any atom is 0.0592 e. The zero-order valence-electron chi connectivity index (χ0n) is 10.1. The van der Waals surface area contributed by atoms with Gasteiger partial charge in [0.15, 0.2) is 0 Å². The molecule has 0 aliphatic carbocycles. The molecule has 2 heteroatoms. The number of pyridine rings is 1. The Morgan fingerprint density at radius 2 is 2.27 bits per heavy atom. The zero-order valence-corrected chi connectivity index (χ0v) is 10.1. The molecule has 2 rings (SSSR count). The van der Waals surface area contributed by atoms with Crippen molar-refractivity contribution in [2.24, 2.45) is 0 Å². The van der Waals surface area contributed by atoms with E-state index in [2.05, 4.69) is 44.1 Å². The first-order valence-electron chi connectivity index (χ1n) is 5.79. The molecule has 1 aromatic heterocycles. The normalized spacial score (nSPS) is 20.0. The number of hydrogen-bond donors (Lipinski definition) is 1. The second-order valence-electron chi connectivity index (χ2n) is 5.05. The molecule has 1 N–H and O–H groups in total. The standard InChI is InChI=1S/C13H20N2/c1-5-9(2)10-6-11-12(14-7-10)8-15-13(11,3)4/h6-7,9,15H,5,8H2,1-4H3. The Bertz CT molecular complexity index is 369. The van der Waals surface area contributed by atoms with Gasteiger partial charge in [0.05, 0.1) is 5.69 Å². The highest BCUT2D eigenvalue weighted by molar-refractivity contribution is 5.35. The first-order valence-corrected chi connectivity index (χ1v) is 5.79. The van der Waals surface area contributed by atoms with Gasteiger partial charge < -0.3 is 5.32 Å². The summed E-state index contributed by atoms with van der Waals surface area (Å²) in [5.41, 5.74) is 4.05. The molecule has 0 aromatic carbocycles. The van der Waals surface area contributed by atoms with E-state index in [1.165, 1.54) is 23.2 Å². The second-order valence-corrected chi connectivity index (χ2v) is 5.05. The van der Waals surface area contributed by atoms with E-state index in [4.69, 9.17) is 0 Å². The molecular weight excluding hydrogens is 184 g/mol. The summed E-state index contributed by atoms with van der Waals surface area (Å²) in [4.78, 5) is 4.56. The van der Waals surface area contributed by atoms with E-state index in [1.807, 2.05) is 6.20 Å². The van der Waals surface area contributed by atoms with Crippen LogP contribution < -0.4 is 5.32 Å². The minimum absolute atomic E-state index is 0.0891. The van der Waals surface area contributed by atoms with Crippen LogP contribution in [0, 0.1) is 0 Å². The van der Waals surface area contributed by atoms with Gasteiger partial charge in [-0.1, -0.05) is 19.9 Å². The van der Waals surface area contributed by atoms with Gasteiger partial charge in [0, 0.05) is 18.3 Å². The quantitative estimate of drug-likeness (QED) is 0.801. The van der Waals surface area contributed by atoms with Crippen LogP contribution >= 0.6 is 0 Å². The predicted octanol–water partition coefficient (Wildman–Crippen LogP) is 2.93. The third kappa shape index (κ3) is 1.78. The fourth-order valence-electron chi connectivity index (χ4n) is 2.10. The van der Waals surface area contributed by atoms with Crippen LogP contribution in [0.4, 0.5) is 0 Å². The second kappa shape index (κ2) is 3.60. The summed E-state index contributed by atoms with van der Waals surface area (Å²) in [6.45, 7) is 9.84. The highest BCUT2D eigenvalue weighted by Crippen LogP contribution is 2.31. The number of nitrogens with one attached hydrogen (secondary N) is 1. The highest BCUT2D eigenvalue weighted by atomic mass is 15.0. The molecule has 1 unspecified atom stereocenters. The molecule has 15 heavy (non-hydrogen) atoms. The molecule has 1 aliphatic rings. The van der Waals surface area contributed by atoms with Crippen LogP contribution in [0.5, 0.6) is 0 Å². The van der Waals surface area contributed by atoms with Crippen molar-refractivity contribution in [2.45, 2.75) is 52.1 Å². The maximum absolute atomic E-state index is 4.56. The predicted molar refractivity (Wildman–Crippen MR) is 62.8 cm³/mol. The lowest BCUT2D eigenvalue weighted by atomic mass is 9.92. The van der Waals surface area contributed by atoms with Gasteiger partial charge in [-0.3, -0.25) is 4.98 Å². The molecule has 1 atom stereocenters. The Labute approximate surface area is 92.1 Å². The molecule has 1 aromatic rings. The molecule has 0 saturated carbocycles. The number of hydrogen-bond acceptors (Lipinski definition) is 2. The van der Waals surface area contributed by atoms with Crippen molar-refractivity contribution in [3.63, 3.8) is 0 Å². The van der Waals surface area contributed by atoms with Crippen LogP contribution in [0.1, 0.15) is 56.9 Å². The Kier molecular flexibility index (Phi) is 2.55. The van der Waals surface area contributed by atoms with E-state index in [9.17, 15) is 0 Å². The number of fused-ring (bicyclic) bond motifs is 1. The third-order valence-electron chi connectivity index (χ3n) is 3.54. The van der Waals surface area contributed by atoms with Crippen LogP contribution in [0.15, 0.2) is 12.3 Å². The van der Waals surface area contributed by atoms with Crippen LogP contribution in [-0.4, -0.2) is 4.98 Å². The summed E-state index contributed by atoms with van der Waals surface area (Å²) in [6.07, 6.45) is 3.21. The Morgan fingerprint density at radius 1 is 1.53 bits per heavy atom. The average molecular weight is 204 g/mol. The lowest BCUT2D eigenvalue weighted by Gasteiger charge is -2.20. The summed E-state index contributed by atoms with van der Waals surface area (Å²) in [5.74, 6) is 0.610. The number of rotatable bonds is 2. The zero-order chi connectivity index (χ0) is 11.1. The molecule has 0 radical (unpaired) electrons. The average Bonchev–Trinajstić information content (AvgIpc) is 2.53. The summed E-state index contributed by atoms with van der Waals surface area (Å²) < 4.78 is 0. The molecule has 0 saturated heterocycles. The summed E-state index contributed by atoms with van der Waals surface area (Å²) >= 11 is 0. The van der Waals surface area contributed by atoms with Crippen molar-refractivity contribution in [1.82, 2.24) is 10.3 Å². The first kappa shape index (κ1) is 10.6. The Hall–Kier alpha value is -0.890. The highest BCUT2D eigenvalue weighted by Gasteiger charge is 2.30. The van der Waals surface area contributed by atoms with Crippen LogP contribution in [0.3, 0.4) is 0 Å². The monoisotopic (exact) mass is 204 g/mol. The van der Waals surface area contributed by atoms with E-state index in [0.717, 1.165) is 6.54 Å². The fourth-order valence-corrected chi connectivity index (χ4v) is 2.10. The van der Waals surface area contributed by atoms with Gasteiger partial charge in [-0.05, 0) is 37.3 Å². The molecule has 0 fully saturated rings. The molecule has 2 heterocycles. The molecule has 82 valence electrons. The largest absolute Gasteiger partial charge is 0.302 e. The molecule has 2 nitrogen and oxygen atoms in total. The van der Waals surface area contributed by atoms with E-state index in [1.54, 1.807) is 0 Å². The molecular formula is C13H20N2. The van der Waals surface area contributed by atoms with Crippen molar-refractivity contribution in [2.75, 3.05) is 0 Å². The molecule has 0 spiro atoms. The minimum Gasteiger partial charge on any atom is -0.302 e.